The van der Waals surface area contributed by atoms with Crippen LogP contribution in [0.4, 0.5) is 5.82 Å². The Balaban J connectivity index is 0.00000265. The lowest BCUT2D eigenvalue weighted by Crippen LogP contribution is -2.32. The maximum atomic E-state index is 12.1. The number of likely N-dealkylation sites (N-methyl/N-ethyl adjacent to an activating group) is 1. The van der Waals surface area contributed by atoms with Gasteiger partial charge in [0, 0.05) is 20.1 Å². The summed E-state index contributed by atoms with van der Waals surface area (Å²) >= 11 is 1.13. The zero-order chi connectivity index (χ0) is 25.0. The highest BCUT2D eigenvalue weighted by molar-refractivity contribution is 8.00. The van der Waals surface area contributed by atoms with Gasteiger partial charge < -0.3 is 15.5 Å². The van der Waals surface area contributed by atoms with Crippen LogP contribution >= 0.6 is 11.8 Å². The number of nitriles is 2. The van der Waals surface area contributed by atoms with Crippen LogP contribution < -0.4 is 10.6 Å². The van der Waals surface area contributed by atoms with Gasteiger partial charge in [-0.25, -0.2) is 4.98 Å². The third-order valence-corrected chi connectivity index (χ3v) is 6.76. The number of pyridine rings is 1. The molecule has 1 atom stereocenters. The van der Waals surface area contributed by atoms with Crippen LogP contribution in [-0.2, 0) is 11.2 Å². The second kappa shape index (κ2) is 14.2. The van der Waals surface area contributed by atoms with Crippen molar-refractivity contribution in [3.63, 3.8) is 0 Å². The number of hydrogen-bond donors (Lipinski definition) is 1. The molecule has 0 saturated carbocycles. The molecule has 1 aromatic rings. The number of amides is 1. The standard InChI is InChI=1S/C23H30N6OS.C2H4/c1-5-16(6-2)20(21(26)30)31-23-19(15-25)17(7-3)18(14-24)22(27-23)28(4)12-13-29-10-8-9-11-29;1-2/h5-6,20H,1,7-13H2,2-4H3,(H2,26,30);1-2H2/b16-6+;. The summed E-state index contributed by atoms with van der Waals surface area (Å²) in [5, 5.41) is 19.4. The molecule has 2 rings (SSSR count). The van der Waals surface area contributed by atoms with Crippen molar-refractivity contribution in [2.24, 2.45) is 5.73 Å². The third kappa shape index (κ3) is 6.95. The predicted octanol–water partition coefficient (Wildman–Crippen LogP) is 3.80. The number of aromatic nitrogens is 1. The molecule has 1 aromatic heterocycles. The summed E-state index contributed by atoms with van der Waals surface area (Å²) in [5.74, 6) is -0.000987. The Hall–Kier alpha value is -3.07. The van der Waals surface area contributed by atoms with Crippen molar-refractivity contribution in [1.82, 2.24) is 9.88 Å². The number of nitrogens with two attached hydrogens (primary N) is 1. The van der Waals surface area contributed by atoms with Crippen LogP contribution in [0.25, 0.3) is 0 Å². The summed E-state index contributed by atoms with van der Waals surface area (Å²) in [5.41, 5.74) is 7.69. The van der Waals surface area contributed by atoms with Crippen LogP contribution in [0.5, 0.6) is 0 Å². The summed E-state index contributed by atoms with van der Waals surface area (Å²) in [6, 6.07) is 4.44. The van der Waals surface area contributed by atoms with Crippen molar-refractivity contribution < 1.29 is 4.79 Å². The molecule has 0 radical (unpaired) electrons. The molecule has 176 valence electrons. The molecule has 0 aliphatic carbocycles. The molecule has 1 unspecified atom stereocenters. The second-order valence-electron chi connectivity index (χ2n) is 7.41. The van der Waals surface area contributed by atoms with Crippen molar-refractivity contribution in [2.45, 2.75) is 43.4 Å². The first kappa shape index (κ1) is 28.0. The van der Waals surface area contributed by atoms with Crippen molar-refractivity contribution in [2.75, 3.05) is 38.1 Å². The van der Waals surface area contributed by atoms with Gasteiger partial charge in [0.2, 0.25) is 5.91 Å². The lowest BCUT2D eigenvalue weighted by Gasteiger charge is -2.25. The maximum Gasteiger partial charge on any atom is 0.235 e. The zero-order valence-electron chi connectivity index (χ0n) is 19.9. The van der Waals surface area contributed by atoms with E-state index in [0.717, 1.165) is 31.4 Å². The van der Waals surface area contributed by atoms with Crippen LogP contribution in [0, 0.1) is 22.7 Å². The first-order valence-corrected chi connectivity index (χ1v) is 11.8. The number of carbonyl (C=O) groups is 1. The summed E-state index contributed by atoms with van der Waals surface area (Å²) < 4.78 is 0. The lowest BCUT2D eigenvalue weighted by atomic mass is 10.0. The second-order valence-corrected chi connectivity index (χ2v) is 8.50. The number of rotatable bonds is 10. The number of anilines is 1. The molecule has 33 heavy (non-hydrogen) atoms. The van der Waals surface area contributed by atoms with Crippen molar-refractivity contribution in [3.8, 4) is 12.1 Å². The molecule has 8 heteroatoms. The van der Waals surface area contributed by atoms with Gasteiger partial charge in [0.15, 0.2) is 0 Å². The van der Waals surface area contributed by atoms with E-state index in [1.807, 2.05) is 18.9 Å². The van der Waals surface area contributed by atoms with Crippen molar-refractivity contribution in [1.29, 1.82) is 10.5 Å². The molecule has 7 nitrogen and oxygen atoms in total. The summed E-state index contributed by atoms with van der Waals surface area (Å²) in [6.07, 6.45) is 6.30. The van der Waals surface area contributed by atoms with E-state index < -0.39 is 11.2 Å². The van der Waals surface area contributed by atoms with E-state index in [9.17, 15) is 15.3 Å². The molecule has 1 fully saturated rings. The monoisotopic (exact) mass is 466 g/mol. The SMILES string of the molecule is C=C.C=C/C(=C\C)C(Sc1nc(N(C)CCN2CCCC2)c(C#N)c(CC)c1C#N)C(N)=O. The van der Waals surface area contributed by atoms with E-state index in [-0.39, 0.29) is 0 Å². The molecule has 2 heterocycles. The minimum absolute atomic E-state index is 0.325. The van der Waals surface area contributed by atoms with Gasteiger partial charge in [-0.1, -0.05) is 37.4 Å². The van der Waals surface area contributed by atoms with E-state index in [1.165, 1.54) is 12.8 Å². The maximum absolute atomic E-state index is 12.1. The van der Waals surface area contributed by atoms with Crippen LogP contribution in [0.3, 0.4) is 0 Å². The molecule has 1 aliphatic heterocycles. The molecular formula is C25H34N6OS. The normalized spacial score (nSPS) is 14.4. The van der Waals surface area contributed by atoms with E-state index in [1.54, 1.807) is 19.1 Å². The highest BCUT2D eigenvalue weighted by Crippen LogP contribution is 2.35. The van der Waals surface area contributed by atoms with Crippen LogP contribution in [0.2, 0.25) is 0 Å². The highest BCUT2D eigenvalue weighted by atomic mass is 32.2. The van der Waals surface area contributed by atoms with Crippen LogP contribution in [0.1, 0.15) is 43.4 Å². The Morgan fingerprint density at radius 2 is 1.91 bits per heavy atom. The molecule has 0 aromatic carbocycles. The van der Waals surface area contributed by atoms with E-state index >= 15 is 0 Å². The average molecular weight is 467 g/mol. The minimum Gasteiger partial charge on any atom is -0.368 e. The number of allylic oxidation sites excluding steroid dienone is 2. The van der Waals surface area contributed by atoms with Gasteiger partial charge in [-0.15, -0.1) is 13.2 Å². The first-order valence-electron chi connectivity index (χ1n) is 11.0. The third-order valence-electron chi connectivity index (χ3n) is 5.50. The van der Waals surface area contributed by atoms with Gasteiger partial charge in [-0.2, -0.15) is 10.5 Å². The van der Waals surface area contributed by atoms with Crippen LogP contribution in [0.15, 0.2) is 42.5 Å². The molecule has 2 N–H and O–H groups in total. The van der Waals surface area contributed by atoms with E-state index in [2.05, 4.69) is 36.8 Å². The molecule has 1 aliphatic rings. The lowest BCUT2D eigenvalue weighted by molar-refractivity contribution is -0.116. The van der Waals surface area contributed by atoms with Crippen molar-refractivity contribution >= 4 is 23.5 Å². The fourth-order valence-corrected chi connectivity index (χ4v) is 4.86. The number of primary amides is 1. The molecular weight excluding hydrogens is 432 g/mol. The number of carbonyl (C=O) groups excluding carboxylic acids is 1. The minimum atomic E-state index is -0.720. The number of hydrogen-bond acceptors (Lipinski definition) is 7. The predicted molar refractivity (Wildman–Crippen MR) is 136 cm³/mol. The number of nitrogens with zero attached hydrogens (tertiary/aromatic N) is 5. The number of thioether (sulfide) groups is 1. The van der Waals surface area contributed by atoms with E-state index in [4.69, 9.17) is 10.7 Å². The molecule has 0 bridgehead atoms. The highest BCUT2D eigenvalue weighted by Gasteiger charge is 2.27. The summed E-state index contributed by atoms with van der Waals surface area (Å²) in [7, 11) is 1.91. The fourth-order valence-electron chi connectivity index (χ4n) is 3.73. The van der Waals surface area contributed by atoms with Gasteiger partial charge >= 0.3 is 0 Å². The molecule has 1 amide bonds. The van der Waals surface area contributed by atoms with Gasteiger partial charge in [0.05, 0.1) is 11.1 Å². The summed E-state index contributed by atoms with van der Waals surface area (Å²) in [6.45, 7) is 17.3. The fraction of sp³-hybridized carbons (Fsp3) is 0.440. The Bertz CT molecular complexity index is 953. The first-order chi connectivity index (χ1) is 15.9. The topological polar surface area (TPSA) is 110 Å². The van der Waals surface area contributed by atoms with E-state index in [0.29, 0.717) is 46.1 Å². The van der Waals surface area contributed by atoms with Gasteiger partial charge in [0.1, 0.15) is 28.2 Å². The number of likely N-dealkylation sites (tertiary alicyclic amines) is 1. The Kier molecular flexibility index (Phi) is 12.0. The van der Waals surface area contributed by atoms with Gasteiger partial charge in [-0.3, -0.25) is 4.79 Å². The Morgan fingerprint density at radius 3 is 2.36 bits per heavy atom. The molecule has 1 saturated heterocycles. The van der Waals surface area contributed by atoms with Crippen LogP contribution in [-0.4, -0.2) is 54.3 Å². The smallest absolute Gasteiger partial charge is 0.235 e. The Labute approximate surface area is 202 Å². The average Bonchev–Trinajstić information content (AvgIpc) is 3.36. The summed E-state index contributed by atoms with van der Waals surface area (Å²) in [4.78, 5) is 21.2. The quantitative estimate of drug-likeness (QED) is 0.317. The van der Waals surface area contributed by atoms with Gasteiger partial charge in [0.25, 0.3) is 0 Å². The molecule has 0 spiro atoms. The van der Waals surface area contributed by atoms with Gasteiger partial charge in [-0.05, 0) is 50.4 Å². The Morgan fingerprint density at radius 1 is 1.30 bits per heavy atom. The zero-order valence-corrected chi connectivity index (χ0v) is 20.7. The largest absolute Gasteiger partial charge is 0.368 e. The van der Waals surface area contributed by atoms with Crippen molar-refractivity contribution in [3.05, 3.63) is 54.2 Å².